The van der Waals surface area contributed by atoms with Gasteiger partial charge in [-0.25, -0.2) is 4.79 Å². The molecule has 3 aromatic rings. The molecule has 0 aliphatic carbocycles. The lowest BCUT2D eigenvalue weighted by Crippen LogP contribution is -2.17. The van der Waals surface area contributed by atoms with Gasteiger partial charge in [-0.05, 0) is 36.4 Å². The first-order valence-electron chi connectivity index (χ1n) is 5.98. The summed E-state index contributed by atoms with van der Waals surface area (Å²) in [5.41, 5.74) is 3.34. The molecular weight excluding hydrogens is 242 g/mol. The summed E-state index contributed by atoms with van der Waals surface area (Å²) in [5, 5.41) is 3.24. The smallest absolute Gasteiger partial charge is 0.408 e. The van der Waals surface area contributed by atoms with Crippen LogP contribution < -0.4 is 11.1 Å². The lowest BCUT2D eigenvalue weighted by molar-refractivity contribution is 0.554. The van der Waals surface area contributed by atoms with Crippen LogP contribution in [-0.4, -0.2) is 17.0 Å². The van der Waals surface area contributed by atoms with Crippen LogP contribution in [0.2, 0.25) is 0 Å². The van der Waals surface area contributed by atoms with Crippen molar-refractivity contribution in [3.05, 3.63) is 64.4 Å². The normalized spacial score (nSPS) is 12.7. The maximum Gasteiger partial charge on any atom is 0.417 e. The Morgan fingerprint density at radius 1 is 1.32 bits per heavy atom. The summed E-state index contributed by atoms with van der Waals surface area (Å²) >= 11 is 0. The highest BCUT2D eigenvalue weighted by Gasteiger charge is 2.13. The first-order valence-corrected chi connectivity index (χ1v) is 5.98. The van der Waals surface area contributed by atoms with Crippen molar-refractivity contribution >= 4 is 11.1 Å². The topological polar surface area (TPSA) is 70.9 Å². The Kier molecular flexibility index (Phi) is 2.89. The Balaban J connectivity index is 2.08. The number of hydrogen-bond donors (Lipinski definition) is 2. The largest absolute Gasteiger partial charge is 0.417 e. The maximum atomic E-state index is 11.2. The molecule has 0 aliphatic rings. The van der Waals surface area contributed by atoms with Crippen LogP contribution in [0.5, 0.6) is 0 Å². The van der Waals surface area contributed by atoms with Crippen molar-refractivity contribution in [2.75, 3.05) is 7.05 Å². The summed E-state index contributed by atoms with van der Waals surface area (Å²) in [6.45, 7) is 0. The number of nitrogens with one attached hydrogen (secondary N) is 2. The lowest BCUT2D eigenvalue weighted by Gasteiger charge is -2.16. The zero-order valence-electron chi connectivity index (χ0n) is 10.4. The molecular formula is C14H13N3O2. The molecule has 5 nitrogen and oxygen atoms in total. The number of aromatic nitrogens is 2. The molecule has 0 saturated carbocycles. The van der Waals surface area contributed by atoms with Crippen molar-refractivity contribution in [3.63, 3.8) is 0 Å². The van der Waals surface area contributed by atoms with Gasteiger partial charge in [0.05, 0.1) is 11.6 Å². The van der Waals surface area contributed by atoms with E-state index in [2.05, 4.69) is 15.3 Å². The molecule has 0 radical (unpaired) electrons. The number of pyridine rings is 1. The van der Waals surface area contributed by atoms with Crippen LogP contribution in [-0.2, 0) is 0 Å². The van der Waals surface area contributed by atoms with Gasteiger partial charge < -0.3 is 9.73 Å². The minimum atomic E-state index is -0.436. The summed E-state index contributed by atoms with van der Waals surface area (Å²) in [7, 11) is 1.88. The second kappa shape index (κ2) is 4.70. The maximum absolute atomic E-state index is 11.2. The SMILES string of the molecule is CNC(c1cccnc1)c1ccc2[nH]c(=O)oc2c1. The van der Waals surface area contributed by atoms with E-state index in [1.807, 2.05) is 43.6 Å². The van der Waals surface area contributed by atoms with E-state index < -0.39 is 5.76 Å². The van der Waals surface area contributed by atoms with Crippen molar-refractivity contribution in [1.82, 2.24) is 15.3 Å². The predicted molar refractivity (Wildman–Crippen MR) is 72.0 cm³/mol. The average molecular weight is 255 g/mol. The zero-order valence-corrected chi connectivity index (χ0v) is 10.4. The van der Waals surface area contributed by atoms with E-state index in [-0.39, 0.29) is 6.04 Å². The van der Waals surface area contributed by atoms with Crippen LogP contribution in [0.25, 0.3) is 11.1 Å². The Hall–Kier alpha value is -2.40. The van der Waals surface area contributed by atoms with Gasteiger partial charge in [0.2, 0.25) is 0 Å². The highest BCUT2D eigenvalue weighted by molar-refractivity contribution is 5.73. The van der Waals surface area contributed by atoms with Crippen molar-refractivity contribution in [2.24, 2.45) is 0 Å². The molecule has 1 aromatic carbocycles. The van der Waals surface area contributed by atoms with Gasteiger partial charge >= 0.3 is 5.76 Å². The number of hydrogen-bond acceptors (Lipinski definition) is 4. The van der Waals surface area contributed by atoms with Crippen LogP contribution in [0.1, 0.15) is 17.2 Å². The molecule has 2 N–H and O–H groups in total. The molecule has 19 heavy (non-hydrogen) atoms. The van der Waals surface area contributed by atoms with E-state index in [1.54, 1.807) is 6.20 Å². The van der Waals surface area contributed by atoms with Crippen LogP contribution in [0.3, 0.4) is 0 Å². The number of rotatable bonds is 3. The fraction of sp³-hybridized carbons (Fsp3) is 0.143. The molecule has 3 rings (SSSR count). The fourth-order valence-electron chi connectivity index (χ4n) is 2.21. The van der Waals surface area contributed by atoms with E-state index in [1.165, 1.54) is 0 Å². The third-order valence-corrected chi connectivity index (χ3v) is 3.08. The zero-order chi connectivity index (χ0) is 13.2. The Morgan fingerprint density at radius 2 is 2.21 bits per heavy atom. The summed E-state index contributed by atoms with van der Waals surface area (Å²) < 4.78 is 5.08. The first-order chi connectivity index (χ1) is 9.28. The first kappa shape index (κ1) is 11.7. The van der Waals surface area contributed by atoms with Gasteiger partial charge in [0, 0.05) is 12.4 Å². The van der Waals surface area contributed by atoms with Gasteiger partial charge in [0.25, 0.3) is 0 Å². The molecule has 0 amide bonds. The molecule has 1 unspecified atom stereocenters. The molecule has 5 heteroatoms. The molecule has 2 aromatic heterocycles. The molecule has 0 bridgehead atoms. The van der Waals surface area contributed by atoms with E-state index in [0.717, 1.165) is 11.1 Å². The van der Waals surface area contributed by atoms with Crippen LogP contribution >= 0.6 is 0 Å². The third-order valence-electron chi connectivity index (χ3n) is 3.08. The summed E-state index contributed by atoms with van der Waals surface area (Å²) in [5.74, 6) is -0.436. The van der Waals surface area contributed by atoms with E-state index in [0.29, 0.717) is 11.1 Å². The van der Waals surface area contributed by atoms with Gasteiger partial charge in [0.15, 0.2) is 5.58 Å². The van der Waals surface area contributed by atoms with Gasteiger partial charge in [-0.15, -0.1) is 0 Å². The molecule has 96 valence electrons. The Labute approximate surface area is 109 Å². The predicted octanol–water partition coefficient (Wildman–Crippen LogP) is 1.82. The Morgan fingerprint density at radius 3 is 2.95 bits per heavy atom. The molecule has 2 heterocycles. The lowest BCUT2D eigenvalue weighted by atomic mass is 10.0. The van der Waals surface area contributed by atoms with Gasteiger partial charge in [-0.2, -0.15) is 0 Å². The monoisotopic (exact) mass is 255 g/mol. The highest BCUT2D eigenvalue weighted by atomic mass is 16.4. The fourth-order valence-corrected chi connectivity index (χ4v) is 2.21. The van der Waals surface area contributed by atoms with E-state index in [4.69, 9.17) is 4.42 Å². The van der Waals surface area contributed by atoms with Crippen LogP contribution in [0, 0.1) is 0 Å². The molecule has 0 spiro atoms. The third kappa shape index (κ3) is 2.15. The van der Waals surface area contributed by atoms with Crippen LogP contribution in [0.15, 0.2) is 51.9 Å². The van der Waals surface area contributed by atoms with Crippen molar-refractivity contribution < 1.29 is 4.42 Å². The van der Waals surface area contributed by atoms with E-state index >= 15 is 0 Å². The van der Waals surface area contributed by atoms with Gasteiger partial charge in [0.1, 0.15) is 0 Å². The number of benzene rings is 1. The quantitative estimate of drug-likeness (QED) is 0.749. The average Bonchev–Trinajstić information content (AvgIpc) is 2.80. The molecule has 0 aliphatic heterocycles. The number of H-pyrrole nitrogens is 1. The molecule has 0 fully saturated rings. The number of nitrogens with zero attached hydrogens (tertiary/aromatic N) is 1. The van der Waals surface area contributed by atoms with Gasteiger partial charge in [-0.1, -0.05) is 12.1 Å². The standard InChI is InChI=1S/C14H13N3O2/c1-15-13(10-3-2-6-16-8-10)9-4-5-11-12(7-9)19-14(18)17-11/h2-8,13,15H,1H3,(H,17,18). The van der Waals surface area contributed by atoms with Gasteiger partial charge in [-0.3, -0.25) is 9.97 Å². The number of oxazole rings is 1. The van der Waals surface area contributed by atoms with E-state index in [9.17, 15) is 4.79 Å². The van der Waals surface area contributed by atoms with Crippen molar-refractivity contribution in [3.8, 4) is 0 Å². The minimum absolute atomic E-state index is 0.0123. The molecule has 1 atom stereocenters. The summed E-state index contributed by atoms with van der Waals surface area (Å²) in [6, 6.07) is 9.58. The highest BCUT2D eigenvalue weighted by Crippen LogP contribution is 2.23. The summed E-state index contributed by atoms with van der Waals surface area (Å²) in [4.78, 5) is 17.9. The van der Waals surface area contributed by atoms with Crippen LogP contribution in [0.4, 0.5) is 0 Å². The van der Waals surface area contributed by atoms with Crippen molar-refractivity contribution in [2.45, 2.75) is 6.04 Å². The molecule has 0 saturated heterocycles. The summed E-state index contributed by atoms with van der Waals surface area (Å²) in [6.07, 6.45) is 3.56. The Bertz CT molecular complexity index is 746. The van der Waals surface area contributed by atoms with Crippen molar-refractivity contribution in [1.29, 1.82) is 0 Å². The second-order valence-corrected chi connectivity index (χ2v) is 4.28. The number of fused-ring (bicyclic) bond motifs is 1. The number of aromatic amines is 1. The second-order valence-electron chi connectivity index (χ2n) is 4.28. The minimum Gasteiger partial charge on any atom is -0.408 e.